The molecule has 1 aliphatic heterocycles. The van der Waals surface area contributed by atoms with E-state index in [0.717, 1.165) is 27.1 Å². The normalized spacial score (nSPS) is 14.0. The fourth-order valence-electron chi connectivity index (χ4n) is 3.50. The predicted molar refractivity (Wildman–Crippen MR) is 122 cm³/mol. The van der Waals surface area contributed by atoms with Crippen LogP contribution in [0.1, 0.15) is 22.3 Å². The van der Waals surface area contributed by atoms with Crippen molar-refractivity contribution in [3.05, 3.63) is 106 Å². The molecule has 2 amide bonds. The maximum absolute atomic E-state index is 13.4. The Hall–Kier alpha value is -3.18. The molecule has 0 fully saturated rings. The van der Waals surface area contributed by atoms with Gasteiger partial charge >= 0.3 is 0 Å². The highest BCUT2D eigenvalue weighted by Gasteiger charge is 2.39. The second-order valence-electron chi connectivity index (χ2n) is 7.56. The summed E-state index contributed by atoms with van der Waals surface area (Å²) in [5.74, 6) is -0.875. The van der Waals surface area contributed by atoms with E-state index in [2.05, 4.69) is 0 Å². The molecule has 1 heterocycles. The van der Waals surface area contributed by atoms with Crippen LogP contribution in [0.3, 0.4) is 0 Å². The largest absolute Gasteiger partial charge is 0.274 e. The van der Waals surface area contributed by atoms with Gasteiger partial charge in [-0.15, -0.1) is 0 Å². The minimum absolute atomic E-state index is 0.247. The Kier molecular flexibility index (Phi) is 6.05. The van der Waals surface area contributed by atoms with Gasteiger partial charge in [-0.05, 0) is 66.8 Å². The first-order valence-corrected chi connectivity index (χ1v) is 10.9. The van der Waals surface area contributed by atoms with E-state index in [1.54, 1.807) is 12.1 Å². The Morgan fingerprint density at radius 1 is 0.839 bits per heavy atom. The molecular weight excluding hydrogens is 409 g/mol. The summed E-state index contributed by atoms with van der Waals surface area (Å²) in [5.41, 5.74) is 4.27. The first kappa shape index (κ1) is 21.1. The third-order valence-electron chi connectivity index (χ3n) is 5.42. The molecule has 0 saturated heterocycles. The van der Waals surface area contributed by atoms with E-state index in [1.165, 1.54) is 28.8 Å². The Balaban J connectivity index is 1.67. The summed E-state index contributed by atoms with van der Waals surface area (Å²) in [7, 11) is 0. The van der Waals surface area contributed by atoms with Gasteiger partial charge in [0.25, 0.3) is 11.8 Å². The zero-order chi connectivity index (χ0) is 22.0. The Morgan fingerprint density at radius 2 is 1.55 bits per heavy atom. The van der Waals surface area contributed by atoms with Gasteiger partial charge in [0.1, 0.15) is 5.82 Å². The number of aryl methyl sites for hydroxylation is 2. The van der Waals surface area contributed by atoms with Crippen molar-refractivity contribution in [2.45, 2.75) is 25.2 Å². The van der Waals surface area contributed by atoms with Gasteiger partial charge in [0.15, 0.2) is 0 Å². The van der Waals surface area contributed by atoms with Gasteiger partial charge in [0.05, 0.1) is 10.5 Å². The lowest BCUT2D eigenvalue weighted by Gasteiger charge is -2.15. The van der Waals surface area contributed by atoms with Gasteiger partial charge in [0, 0.05) is 11.4 Å². The van der Waals surface area contributed by atoms with Crippen molar-refractivity contribution in [3.8, 4) is 0 Å². The predicted octanol–water partition coefficient (Wildman–Crippen LogP) is 5.56. The van der Waals surface area contributed by atoms with E-state index in [0.29, 0.717) is 16.9 Å². The van der Waals surface area contributed by atoms with Crippen LogP contribution in [-0.2, 0) is 16.0 Å². The first-order chi connectivity index (χ1) is 14.9. The Labute approximate surface area is 185 Å². The van der Waals surface area contributed by atoms with Crippen LogP contribution in [0.2, 0.25) is 0 Å². The summed E-state index contributed by atoms with van der Waals surface area (Å²) < 4.78 is 13.2. The number of carbonyl (C=O) groups excluding carboxylic acids is 2. The zero-order valence-electron chi connectivity index (χ0n) is 17.4. The van der Waals surface area contributed by atoms with Gasteiger partial charge in [-0.1, -0.05) is 60.3 Å². The SMILES string of the molecule is Cc1ccc(C2=C(Sc3ccccc3)C(=O)N(CCc3ccc(F)cc3)C2=O)cc1C. The molecule has 0 aromatic heterocycles. The highest BCUT2D eigenvalue weighted by atomic mass is 32.2. The van der Waals surface area contributed by atoms with Crippen LogP contribution in [0.25, 0.3) is 5.57 Å². The van der Waals surface area contributed by atoms with Gasteiger partial charge < -0.3 is 0 Å². The number of thioether (sulfide) groups is 1. The van der Waals surface area contributed by atoms with E-state index >= 15 is 0 Å². The molecule has 3 aromatic carbocycles. The van der Waals surface area contributed by atoms with Crippen molar-refractivity contribution < 1.29 is 14.0 Å². The van der Waals surface area contributed by atoms with Crippen molar-refractivity contribution in [1.82, 2.24) is 4.90 Å². The van der Waals surface area contributed by atoms with E-state index in [4.69, 9.17) is 0 Å². The molecule has 156 valence electrons. The lowest BCUT2D eigenvalue weighted by atomic mass is 10.0. The van der Waals surface area contributed by atoms with Crippen LogP contribution in [0.5, 0.6) is 0 Å². The summed E-state index contributed by atoms with van der Waals surface area (Å²) in [6.07, 6.45) is 0.473. The maximum Gasteiger partial charge on any atom is 0.268 e. The standard InChI is InChI=1S/C26H22FNO2S/c1-17-8-11-20(16-18(17)2)23-24(31-22-6-4-3-5-7-22)26(30)28(25(23)29)15-14-19-9-12-21(27)13-10-19/h3-13,16H,14-15H2,1-2H3. The summed E-state index contributed by atoms with van der Waals surface area (Å²) in [6.45, 7) is 4.26. The van der Waals surface area contributed by atoms with E-state index in [9.17, 15) is 14.0 Å². The van der Waals surface area contributed by atoms with Crippen LogP contribution in [0.4, 0.5) is 4.39 Å². The second-order valence-corrected chi connectivity index (χ2v) is 8.64. The monoisotopic (exact) mass is 431 g/mol. The molecule has 0 radical (unpaired) electrons. The number of amides is 2. The summed E-state index contributed by atoms with van der Waals surface area (Å²) >= 11 is 1.32. The van der Waals surface area contributed by atoms with Crippen molar-refractivity contribution in [2.24, 2.45) is 0 Å². The molecule has 31 heavy (non-hydrogen) atoms. The molecule has 0 bridgehead atoms. The lowest BCUT2D eigenvalue weighted by molar-refractivity contribution is -0.136. The number of hydrogen-bond acceptors (Lipinski definition) is 3. The smallest absolute Gasteiger partial charge is 0.268 e. The number of imide groups is 1. The van der Waals surface area contributed by atoms with E-state index in [-0.39, 0.29) is 24.2 Å². The van der Waals surface area contributed by atoms with Gasteiger partial charge in [0.2, 0.25) is 0 Å². The molecule has 0 unspecified atom stereocenters. The van der Waals surface area contributed by atoms with Gasteiger partial charge in [-0.2, -0.15) is 0 Å². The molecule has 3 nitrogen and oxygen atoms in total. The van der Waals surface area contributed by atoms with Crippen molar-refractivity contribution >= 4 is 29.1 Å². The third-order valence-corrected chi connectivity index (χ3v) is 6.51. The zero-order valence-corrected chi connectivity index (χ0v) is 18.2. The maximum atomic E-state index is 13.4. The average Bonchev–Trinajstić information content (AvgIpc) is 3.00. The second kappa shape index (κ2) is 8.90. The fraction of sp³-hybridized carbons (Fsp3) is 0.154. The van der Waals surface area contributed by atoms with Gasteiger partial charge in [-0.3, -0.25) is 14.5 Å². The fourth-order valence-corrected chi connectivity index (χ4v) is 4.54. The number of hydrogen-bond donors (Lipinski definition) is 0. The van der Waals surface area contributed by atoms with Crippen LogP contribution in [0.15, 0.2) is 82.6 Å². The topological polar surface area (TPSA) is 37.4 Å². The molecule has 0 N–H and O–H groups in total. The number of benzene rings is 3. The number of halogens is 1. The third kappa shape index (κ3) is 4.47. The summed E-state index contributed by atoms with van der Waals surface area (Å²) in [5, 5.41) is 0. The molecule has 0 saturated carbocycles. The molecule has 4 rings (SSSR count). The van der Waals surface area contributed by atoms with E-state index in [1.807, 2.05) is 62.4 Å². The molecule has 0 aliphatic carbocycles. The van der Waals surface area contributed by atoms with Crippen LogP contribution >= 0.6 is 11.8 Å². The van der Waals surface area contributed by atoms with Crippen LogP contribution < -0.4 is 0 Å². The molecule has 0 atom stereocenters. The minimum Gasteiger partial charge on any atom is -0.274 e. The quantitative estimate of drug-likeness (QED) is 0.480. The molecular formula is C26H22FNO2S. The van der Waals surface area contributed by atoms with Gasteiger partial charge in [-0.25, -0.2) is 4.39 Å². The highest BCUT2D eigenvalue weighted by Crippen LogP contribution is 2.40. The lowest BCUT2D eigenvalue weighted by Crippen LogP contribution is -2.33. The summed E-state index contributed by atoms with van der Waals surface area (Å²) in [6, 6.07) is 21.6. The van der Waals surface area contributed by atoms with Crippen molar-refractivity contribution in [3.63, 3.8) is 0 Å². The highest BCUT2D eigenvalue weighted by molar-refractivity contribution is 8.04. The molecule has 5 heteroatoms. The van der Waals surface area contributed by atoms with Crippen molar-refractivity contribution in [2.75, 3.05) is 6.54 Å². The Morgan fingerprint density at radius 3 is 2.23 bits per heavy atom. The number of nitrogens with zero attached hydrogens (tertiary/aromatic N) is 1. The molecule has 1 aliphatic rings. The average molecular weight is 432 g/mol. The number of carbonyl (C=O) groups is 2. The summed E-state index contributed by atoms with van der Waals surface area (Å²) in [4.78, 5) is 29.3. The van der Waals surface area contributed by atoms with Crippen LogP contribution in [-0.4, -0.2) is 23.3 Å². The Bertz CT molecular complexity index is 1170. The molecule has 3 aromatic rings. The minimum atomic E-state index is -0.308. The number of rotatable bonds is 6. The van der Waals surface area contributed by atoms with E-state index < -0.39 is 0 Å². The van der Waals surface area contributed by atoms with Crippen LogP contribution in [0, 0.1) is 19.7 Å². The molecule has 0 spiro atoms. The first-order valence-electron chi connectivity index (χ1n) is 10.1. The van der Waals surface area contributed by atoms with Crippen molar-refractivity contribution in [1.29, 1.82) is 0 Å².